The highest BCUT2D eigenvalue weighted by Gasteiger charge is 2.30. The molecule has 17 heavy (non-hydrogen) atoms. The van der Waals surface area contributed by atoms with Crippen LogP contribution in [0.15, 0.2) is 12.1 Å². The Hall–Kier alpha value is -1.06. The summed E-state index contributed by atoms with van der Waals surface area (Å²) < 4.78 is 5.83. The van der Waals surface area contributed by atoms with Crippen molar-refractivity contribution in [1.29, 1.82) is 0 Å². The van der Waals surface area contributed by atoms with Crippen molar-refractivity contribution in [3.05, 3.63) is 28.8 Å². The van der Waals surface area contributed by atoms with Crippen LogP contribution in [0.2, 0.25) is 0 Å². The van der Waals surface area contributed by atoms with Crippen LogP contribution in [-0.2, 0) is 10.3 Å². The number of fused-ring (bicyclic) bond motifs is 1. The molecule has 0 fully saturated rings. The van der Waals surface area contributed by atoms with Crippen LogP contribution in [-0.4, -0.2) is 13.7 Å². The molecule has 3 heteroatoms. The fourth-order valence-electron chi connectivity index (χ4n) is 2.27. The van der Waals surface area contributed by atoms with Crippen LogP contribution in [0.1, 0.15) is 43.5 Å². The van der Waals surface area contributed by atoms with E-state index in [-0.39, 0.29) is 11.5 Å². The molecule has 1 aromatic rings. The van der Waals surface area contributed by atoms with Crippen LogP contribution in [0.5, 0.6) is 5.75 Å². The van der Waals surface area contributed by atoms with Crippen molar-refractivity contribution in [2.24, 2.45) is 0 Å². The summed E-state index contributed by atoms with van der Waals surface area (Å²) in [6.07, 6.45) is 0. The van der Waals surface area contributed by atoms with Crippen molar-refractivity contribution in [2.45, 2.75) is 39.2 Å². The third kappa shape index (κ3) is 2.31. The van der Waals surface area contributed by atoms with Gasteiger partial charge in [-0.3, -0.25) is 0 Å². The Morgan fingerprint density at radius 1 is 1.35 bits per heavy atom. The molecule has 94 valence electrons. The van der Waals surface area contributed by atoms with Crippen molar-refractivity contribution in [3.63, 3.8) is 0 Å². The second kappa shape index (κ2) is 4.31. The summed E-state index contributed by atoms with van der Waals surface area (Å²) in [7, 11) is 1.64. The van der Waals surface area contributed by atoms with Gasteiger partial charge in [-0.1, -0.05) is 38.5 Å². The molecular weight excluding hydrogens is 214 g/mol. The number of hydrogen-bond donors (Lipinski definition) is 1. The van der Waals surface area contributed by atoms with Gasteiger partial charge in [0, 0.05) is 11.1 Å². The standard InChI is InChI=1S/C14H21NO2/c1-9-6-10-12(15-16-5)8-17-13(10)11(7-9)14(2,3)4/h6-7,12,15H,8H2,1-5H3. The molecule has 1 aromatic carbocycles. The van der Waals surface area contributed by atoms with Crippen LogP contribution in [0.3, 0.4) is 0 Å². The topological polar surface area (TPSA) is 30.5 Å². The second-order valence-corrected chi connectivity index (χ2v) is 5.67. The van der Waals surface area contributed by atoms with Gasteiger partial charge in [-0.25, -0.2) is 0 Å². The van der Waals surface area contributed by atoms with Crippen LogP contribution in [0, 0.1) is 6.92 Å². The molecule has 3 nitrogen and oxygen atoms in total. The summed E-state index contributed by atoms with van der Waals surface area (Å²) in [5, 5.41) is 0. The SMILES string of the molecule is CONC1COc2c1cc(C)cc2C(C)(C)C. The Balaban J connectivity index is 2.49. The van der Waals surface area contributed by atoms with Gasteiger partial charge in [0.25, 0.3) is 0 Å². The van der Waals surface area contributed by atoms with Gasteiger partial charge in [-0.05, 0) is 12.3 Å². The van der Waals surface area contributed by atoms with Crippen molar-refractivity contribution in [2.75, 3.05) is 13.7 Å². The molecule has 1 aliphatic rings. The summed E-state index contributed by atoms with van der Waals surface area (Å²) in [6.45, 7) is 9.39. The number of aryl methyl sites for hydroxylation is 1. The van der Waals surface area contributed by atoms with E-state index in [4.69, 9.17) is 9.57 Å². The summed E-state index contributed by atoms with van der Waals surface area (Å²) in [6, 6.07) is 4.53. The molecule has 1 atom stereocenters. The molecule has 1 N–H and O–H groups in total. The zero-order chi connectivity index (χ0) is 12.6. The van der Waals surface area contributed by atoms with Gasteiger partial charge in [-0.2, -0.15) is 5.48 Å². The smallest absolute Gasteiger partial charge is 0.128 e. The Morgan fingerprint density at radius 3 is 2.65 bits per heavy atom. The minimum absolute atomic E-state index is 0.0953. The third-order valence-electron chi connectivity index (χ3n) is 3.10. The minimum Gasteiger partial charge on any atom is -0.491 e. The lowest BCUT2D eigenvalue weighted by molar-refractivity contribution is 0.0535. The fourth-order valence-corrected chi connectivity index (χ4v) is 2.27. The van der Waals surface area contributed by atoms with E-state index in [1.165, 1.54) is 16.7 Å². The van der Waals surface area contributed by atoms with E-state index in [1.54, 1.807) is 7.11 Å². The normalized spacial score (nSPS) is 19.0. The first kappa shape index (κ1) is 12.4. The molecule has 2 rings (SSSR count). The van der Waals surface area contributed by atoms with Crippen LogP contribution in [0.4, 0.5) is 0 Å². The lowest BCUT2D eigenvalue weighted by Gasteiger charge is -2.22. The molecule has 0 bridgehead atoms. The van der Waals surface area contributed by atoms with E-state index in [0.717, 1.165) is 5.75 Å². The maximum Gasteiger partial charge on any atom is 0.128 e. The van der Waals surface area contributed by atoms with Gasteiger partial charge in [0.05, 0.1) is 13.2 Å². The van der Waals surface area contributed by atoms with Crippen molar-refractivity contribution in [3.8, 4) is 5.75 Å². The van der Waals surface area contributed by atoms with Gasteiger partial charge >= 0.3 is 0 Å². The molecule has 0 saturated carbocycles. The Morgan fingerprint density at radius 2 is 2.06 bits per heavy atom. The molecule has 1 heterocycles. The first-order chi connectivity index (χ1) is 7.93. The molecule has 1 aliphatic heterocycles. The highest BCUT2D eigenvalue weighted by molar-refractivity contribution is 5.51. The Labute approximate surface area is 103 Å². The van der Waals surface area contributed by atoms with Crippen LogP contribution in [0.25, 0.3) is 0 Å². The largest absolute Gasteiger partial charge is 0.491 e. The highest BCUT2D eigenvalue weighted by atomic mass is 16.6. The zero-order valence-electron chi connectivity index (χ0n) is 11.3. The lowest BCUT2D eigenvalue weighted by atomic mass is 9.84. The average molecular weight is 235 g/mol. The van der Waals surface area contributed by atoms with E-state index in [0.29, 0.717) is 6.61 Å². The van der Waals surface area contributed by atoms with Gasteiger partial charge in [-0.15, -0.1) is 0 Å². The highest BCUT2D eigenvalue weighted by Crippen LogP contribution is 2.41. The summed E-state index contributed by atoms with van der Waals surface area (Å²) in [5.41, 5.74) is 6.82. The van der Waals surface area contributed by atoms with Crippen LogP contribution >= 0.6 is 0 Å². The zero-order valence-corrected chi connectivity index (χ0v) is 11.3. The molecule has 0 aliphatic carbocycles. The van der Waals surface area contributed by atoms with Gasteiger partial charge < -0.3 is 9.57 Å². The lowest BCUT2D eigenvalue weighted by Crippen LogP contribution is -2.21. The minimum atomic E-state index is 0.0953. The maximum absolute atomic E-state index is 5.83. The molecule has 0 radical (unpaired) electrons. The number of hydroxylamine groups is 1. The Kier molecular flexibility index (Phi) is 3.15. The van der Waals surface area contributed by atoms with Gasteiger partial charge in [0.1, 0.15) is 12.4 Å². The number of nitrogens with one attached hydrogen (secondary N) is 1. The van der Waals surface area contributed by atoms with Gasteiger partial charge in [0.2, 0.25) is 0 Å². The molecule has 0 aromatic heterocycles. The number of rotatable bonds is 2. The van der Waals surface area contributed by atoms with Crippen molar-refractivity contribution in [1.82, 2.24) is 5.48 Å². The number of hydrogen-bond acceptors (Lipinski definition) is 3. The molecular formula is C14H21NO2. The Bertz CT molecular complexity index is 421. The van der Waals surface area contributed by atoms with E-state index >= 15 is 0 Å². The average Bonchev–Trinajstić information content (AvgIpc) is 2.60. The summed E-state index contributed by atoms with van der Waals surface area (Å²) in [5.74, 6) is 1.03. The number of ether oxygens (including phenoxy) is 1. The predicted octanol–water partition coefficient (Wildman–Crippen LogP) is 2.88. The first-order valence-electron chi connectivity index (χ1n) is 6.00. The summed E-state index contributed by atoms with van der Waals surface area (Å²) >= 11 is 0. The van der Waals surface area contributed by atoms with E-state index in [2.05, 4.69) is 45.3 Å². The molecule has 0 spiro atoms. The quantitative estimate of drug-likeness (QED) is 0.800. The predicted molar refractivity (Wildman–Crippen MR) is 68.3 cm³/mol. The van der Waals surface area contributed by atoms with Crippen LogP contribution < -0.4 is 10.2 Å². The van der Waals surface area contributed by atoms with Gasteiger partial charge in [0.15, 0.2) is 0 Å². The summed E-state index contributed by atoms with van der Waals surface area (Å²) in [4.78, 5) is 5.02. The third-order valence-corrected chi connectivity index (χ3v) is 3.10. The van der Waals surface area contributed by atoms with E-state index in [9.17, 15) is 0 Å². The number of benzene rings is 1. The fraction of sp³-hybridized carbons (Fsp3) is 0.571. The second-order valence-electron chi connectivity index (χ2n) is 5.67. The van der Waals surface area contributed by atoms with E-state index in [1.807, 2.05) is 0 Å². The van der Waals surface area contributed by atoms with E-state index < -0.39 is 0 Å². The van der Waals surface area contributed by atoms with Crippen molar-refractivity contribution < 1.29 is 9.57 Å². The monoisotopic (exact) mass is 235 g/mol. The maximum atomic E-state index is 5.83. The molecule has 1 unspecified atom stereocenters. The molecule has 0 amide bonds. The first-order valence-corrected chi connectivity index (χ1v) is 6.00. The van der Waals surface area contributed by atoms with Crippen molar-refractivity contribution >= 4 is 0 Å². The molecule has 0 saturated heterocycles.